The van der Waals surface area contributed by atoms with E-state index in [1.165, 1.54) is 16.8 Å². The van der Waals surface area contributed by atoms with Gasteiger partial charge in [0.05, 0.1) is 6.61 Å². The Morgan fingerprint density at radius 1 is 1.58 bits per heavy atom. The lowest BCUT2D eigenvalue weighted by Crippen LogP contribution is -2.03. The summed E-state index contributed by atoms with van der Waals surface area (Å²) in [5.74, 6) is 2.27. The van der Waals surface area contributed by atoms with Crippen LogP contribution in [0.25, 0.3) is 0 Å². The van der Waals surface area contributed by atoms with Gasteiger partial charge in [0, 0.05) is 29.9 Å². The van der Waals surface area contributed by atoms with Crippen LogP contribution in [0.15, 0.2) is 6.20 Å². The summed E-state index contributed by atoms with van der Waals surface area (Å²) in [7, 11) is 0. The molecule has 0 spiro atoms. The lowest BCUT2D eigenvalue weighted by molar-refractivity contribution is 0.275. The molecule has 1 aromatic heterocycles. The number of hydrogen-bond donors (Lipinski definition) is 1. The largest absolute Gasteiger partial charge is 0.395 e. The second-order valence-corrected chi connectivity index (χ2v) is 4.13. The highest BCUT2D eigenvalue weighted by Crippen LogP contribution is 2.33. The molecule has 0 aromatic carbocycles. The molecule has 2 heterocycles. The van der Waals surface area contributed by atoms with Crippen LogP contribution >= 0.6 is 11.8 Å². The molecule has 0 unspecified atom stereocenters. The maximum absolute atomic E-state index is 8.83. The zero-order valence-electron chi connectivity index (χ0n) is 7.21. The second-order valence-electron chi connectivity index (χ2n) is 3.15. The summed E-state index contributed by atoms with van der Waals surface area (Å²) in [5.41, 5.74) is 4.29. The highest BCUT2D eigenvalue weighted by Gasteiger charge is 2.18. The normalized spacial score (nSPS) is 15.2. The highest BCUT2D eigenvalue weighted by molar-refractivity contribution is 7.98. The number of fused-ring (bicyclic) bond motifs is 1. The van der Waals surface area contributed by atoms with E-state index in [0.29, 0.717) is 0 Å². The monoisotopic (exact) mass is 183 g/mol. The van der Waals surface area contributed by atoms with Crippen LogP contribution in [0, 0.1) is 6.92 Å². The van der Waals surface area contributed by atoms with Gasteiger partial charge in [0.2, 0.25) is 0 Å². The molecule has 1 aliphatic rings. The third-order valence-electron chi connectivity index (χ3n) is 2.35. The quantitative estimate of drug-likeness (QED) is 0.752. The number of hydrogen-bond acceptors (Lipinski definition) is 2. The van der Waals surface area contributed by atoms with E-state index < -0.39 is 0 Å². The molecule has 3 heteroatoms. The Hall–Kier alpha value is -0.410. The van der Waals surface area contributed by atoms with E-state index in [-0.39, 0.29) is 6.61 Å². The van der Waals surface area contributed by atoms with Gasteiger partial charge < -0.3 is 9.67 Å². The van der Waals surface area contributed by atoms with E-state index in [4.69, 9.17) is 5.11 Å². The number of nitrogens with zero attached hydrogens (tertiary/aromatic N) is 1. The molecule has 0 atom stereocenters. The Morgan fingerprint density at radius 3 is 3.17 bits per heavy atom. The number of aromatic nitrogens is 1. The van der Waals surface area contributed by atoms with Crippen molar-refractivity contribution in [3.8, 4) is 0 Å². The maximum Gasteiger partial charge on any atom is 0.0610 e. The molecule has 0 radical (unpaired) electrons. The van der Waals surface area contributed by atoms with Crippen molar-refractivity contribution in [3.63, 3.8) is 0 Å². The van der Waals surface area contributed by atoms with Crippen LogP contribution in [-0.2, 0) is 18.1 Å². The van der Waals surface area contributed by atoms with Crippen molar-refractivity contribution < 1.29 is 5.11 Å². The Kier molecular flexibility index (Phi) is 2.15. The summed E-state index contributed by atoms with van der Waals surface area (Å²) in [5, 5.41) is 8.83. The lowest BCUT2D eigenvalue weighted by atomic mass is 10.2. The molecule has 0 saturated carbocycles. The van der Waals surface area contributed by atoms with Crippen LogP contribution in [0.3, 0.4) is 0 Å². The van der Waals surface area contributed by atoms with Crippen LogP contribution in [-0.4, -0.2) is 16.3 Å². The third-order valence-corrected chi connectivity index (χ3v) is 3.32. The van der Waals surface area contributed by atoms with Crippen molar-refractivity contribution in [1.82, 2.24) is 4.57 Å². The molecule has 1 aromatic rings. The van der Waals surface area contributed by atoms with Gasteiger partial charge in [-0.05, 0) is 18.1 Å². The average molecular weight is 183 g/mol. The first-order chi connectivity index (χ1) is 5.83. The van der Waals surface area contributed by atoms with Crippen molar-refractivity contribution in [1.29, 1.82) is 0 Å². The molecule has 0 fully saturated rings. The summed E-state index contributed by atoms with van der Waals surface area (Å²) >= 11 is 1.96. The van der Waals surface area contributed by atoms with Crippen LogP contribution in [0.1, 0.15) is 16.8 Å². The molecule has 0 aliphatic carbocycles. The lowest BCUT2D eigenvalue weighted by Gasteiger charge is -2.02. The molecule has 1 aliphatic heterocycles. The predicted octanol–water partition coefficient (Wildman–Crippen LogP) is 1.54. The zero-order chi connectivity index (χ0) is 8.55. The molecular formula is C9H13NOS. The molecule has 0 saturated heterocycles. The van der Waals surface area contributed by atoms with Gasteiger partial charge in [-0.25, -0.2) is 0 Å². The number of aliphatic hydroxyl groups is 1. The van der Waals surface area contributed by atoms with Gasteiger partial charge in [-0.1, -0.05) is 0 Å². The van der Waals surface area contributed by atoms with Gasteiger partial charge in [0.25, 0.3) is 0 Å². The minimum Gasteiger partial charge on any atom is -0.395 e. The number of rotatable bonds is 2. The maximum atomic E-state index is 8.83. The minimum absolute atomic E-state index is 0.241. The molecule has 2 rings (SSSR count). The number of thioether (sulfide) groups is 1. The summed E-state index contributed by atoms with van der Waals surface area (Å²) in [6.07, 6.45) is 2.15. The molecule has 12 heavy (non-hydrogen) atoms. The van der Waals surface area contributed by atoms with E-state index in [1.807, 2.05) is 11.8 Å². The van der Waals surface area contributed by atoms with Crippen molar-refractivity contribution in [3.05, 3.63) is 23.0 Å². The van der Waals surface area contributed by atoms with Crippen LogP contribution in [0.4, 0.5) is 0 Å². The van der Waals surface area contributed by atoms with Gasteiger partial charge in [0.1, 0.15) is 0 Å². The van der Waals surface area contributed by atoms with Crippen LogP contribution < -0.4 is 0 Å². The van der Waals surface area contributed by atoms with Crippen molar-refractivity contribution in [2.45, 2.75) is 25.0 Å². The van der Waals surface area contributed by atoms with E-state index in [2.05, 4.69) is 17.7 Å². The minimum atomic E-state index is 0.241. The molecular weight excluding hydrogens is 170 g/mol. The molecule has 1 N–H and O–H groups in total. The number of aryl methyl sites for hydroxylation is 1. The fourth-order valence-corrected chi connectivity index (χ4v) is 2.95. The molecule has 66 valence electrons. The van der Waals surface area contributed by atoms with E-state index in [9.17, 15) is 0 Å². The van der Waals surface area contributed by atoms with Crippen molar-refractivity contribution in [2.24, 2.45) is 0 Å². The molecule has 0 amide bonds. The smallest absolute Gasteiger partial charge is 0.0610 e. The Morgan fingerprint density at radius 2 is 2.42 bits per heavy atom. The fraction of sp³-hybridized carbons (Fsp3) is 0.556. The van der Waals surface area contributed by atoms with E-state index in [0.717, 1.165) is 18.1 Å². The average Bonchev–Trinajstić information content (AvgIpc) is 2.58. The fourth-order valence-electron chi connectivity index (χ4n) is 1.71. The van der Waals surface area contributed by atoms with Gasteiger partial charge in [0.15, 0.2) is 0 Å². The number of aliphatic hydroxyl groups excluding tert-OH is 1. The van der Waals surface area contributed by atoms with E-state index >= 15 is 0 Å². The first kappa shape index (κ1) is 8.20. The van der Waals surface area contributed by atoms with Gasteiger partial charge in [-0.15, -0.1) is 0 Å². The first-order valence-corrected chi connectivity index (χ1v) is 5.34. The summed E-state index contributed by atoms with van der Waals surface area (Å²) < 4.78 is 2.19. The van der Waals surface area contributed by atoms with Gasteiger partial charge in [-0.3, -0.25) is 0 Å². The first-order valence-electron chi connectivity index (χ1n) is 4.19. The molecule has 0 bridgehead atoms. The topological polar surface area (TPSA) is 25.2 Å². The zero-order valence-corrected chi connectivity index (χ0v) is 8.02. The van der Waals surface area contributed by atoms with Gasteiger partial charge >= 0.3 is 0 Å². The van der Waals surface area contributed by atoms with Crippen LogP contribution in [0.2, 0.25) is 0 Å². The predicted molar refractivity (Wildman–Crippen MR) is 51.3 cm³/mol. The van der Waals surface area contributed by atoms with Gasteiger partial charge in [-0.2, -0.15) is 11.8 Å². The van der Waals surface area contributed by atoms with E-state index in [1.54, 1.807) is 0 Å². The SMILES string of the molecule is Cc1cn(CCO)c2c1CSC2. The summed E-state index contributed by atoms with van der Waals surface area (Å²) in [6, 6.07) is 0. The Bertz CT molecular complexity index is 293. The Balaban J connectivity index is 2.37. The standard InChI is InChI=1S/C9H13NOS/c1-7-4-10(2-3-11)9-6-12-5-8(7)9/h4,11H,2-3,5-6H2,1H3. The Labute approximate surface area is 76.6 Å². The van der Waals surface area contributed by atoms with Crippen molar-refractivity contribution >= 4 is 11.8 Å². The van der Waals surface area contributed by atoms with Crippen LogP contribution in [0.5, 0.6) is 0 Å². The molecule has 2 nitrogen and oxygen atoms in total. The van der Waals surface area contributed by atoms with Crippen molar-refractivity contribution in [2.75, 3.05) is 6.61 Å². The second kappa shape index (κ2) is 3.15. The summed E-state index contributed by atoms with van der Waals surface area (Å²) in [6.45, 7) is 3.14. The third kappa shape index (κ3) is 1.17. The highest BCUT2D eigenvalue weighted by atomic mass is 32.2. The summed E-state index contributed by atoms with van der Waals surface area (Å²) in [4.78, 5) is 0.